The Balaban J connectivity index is 2.52. The Hall–Kier alpha value is -0.800. The van der Waals surface area contributed by atoms with E-state index in [0.29, 0.717) is 5.88 Å². The summed E-state index contributed by atoms with van der Waals surface area (Å²) in [5, 5.41) is 1.07. The number of thiazole rings is 1. The summed E-state index contributed by atoms with van der Waals surface area (Å²) in [5.74, 6) is 1.45. The molecule has 0 N–H and O–H groups in total. The Morgan fingerprint density at radius 3 is 3.07 bits per heavy atom. The first kappa shape index (κ1) is 9.74. The van der Waals surface area contributed by atoms with Crippen LogP contribution in [0.15, 0.2) is 18.2 Å². The predicted molar refractivity (Wildman–Crippen MR) is 60.6 cm³/mol. The van der Waals surface area contributed by atoms with Crippen LogP contribution in [0.5, 0.6) is 5.75 Å². The molecular weight excluding hydrogens is 218 g/mol. The van der Waals surface area contributed by atoms with Crippen molar-refractivity contribution in [2.75, 3.05) is 13.0 Å². The first-order chi connectivity index (χ1) is 6.85. The lowest BCUT2D eigenvalue weighted by Gasteiger charge is -1.97. The van der Waals surface area contributed by atoms with Gasteiger partial charge in [0, 0.05) is 12.3 Å². The third kappa shape index (κ3) is 1.70. The molecule has 0 amide bonds. The van der Waals surface area contributed by atoms with Gasteiger partial charge in [0.25, 0.3) is 0 Å². The van der Waals surface area contributed by atoms with Crippen LogP contribution in [0, 0.1) is 0 Å². The molecule has 1 aromatic carbocycles. The second-order valence-electron chi connectivity index (χ2n) is 2.85. The van der Waals surface area contributed by atoms with E-state index in [1.165, 1.54) is 0 Å². The molecule has 0 fully saturated rings. The van der Waals surface area contributed by atoms with Gasteiger partial charge in [0.05, 0.1) is 16.8 Å². The van der Waals surface area contributed by atoms with E-state index in [2.05, 4.69) is 4.98 Å². The molecule has 0 saturated carbocycles. The van der Waals surface area contributed by atoms with Gasteiger partial charge in [0.15, 0.2) is 0 Å². The van der Waals surface area contributed by atoms with E-state index >= 15 is 0 Å². The van der Waals surface area contributed by atoms with E-state index in [9.17, 15) is 0 Å². The van der Waals surface area contributed by atoms with Crippen molar-refractivity contribution in [1.82, 2.24) is 4.98 Å². The van der Waals surface area contributed by atoms with E-state index in [1.807, 2.05) is 18.2 Å². The van der Waals surface area contributed by atoms with Crippen molar-refractivity contribution >= 4 is 33.2 Å². The van der Waals surface area contributed by atoms with Crippen molar-refractivity contribution in [2.45, 2.75) is 6.42 Å². The zero-order chi connectivity index (χ0) is 9.97. The summed E-state index contributed by atoms with van der Waals surface area (Å²) < 4.78 is 6.39. The minimum Gasteiger partial charge on any atom is -0.494 e. The van der Waals surface area contributed by atoms with Crippen LogP contribution in [0.3, 0.4) is 0 Å². The average molecular weight is 228 g/mol. The van der Waals surface area contributed by atoms with Crippen LogP contribution in [-0.4, -0.2) is 18.0 Å². The SMILES string of the molecule is COc1cccc2sc(CCCl)nc12. The Kier molecular flexibility index (Phi) is 2.89. The minimum absolute atomic E-state index is 0.613. The van der Waals surface area contributed by atoms with E-state index in [-0.39, 0.29) is 0 Å². The monoisotopic (exact) mass is 227 g/mol. The molecule has 2 rings (SSSR count). The molecule has 74 valence electrons. The van der Waals surface area contributed by atoms with Gasteiger partial charge in [-0.25, -0.2) is 4.98 Å². The van der Waals surface area contributed by atoms with Crippen LogP contribution >= 0.6 is 22.9 Å². The molecular formula is C10H10ClNOS. The van der Waals surface area contributed by atoms with E-state index < -0.39 is 0 Å². The Bertz CT molecular complexity index is 441. The summed E-state index contributed by atoms with van der Waals surface area (Å²) in [6.45, 7) is 0. The average Bonchev–Trinajstić information content (AvgIpc) is 2.60. The number of ether oxygens (including phenoxy) is 1. The molecule has 0 bridgehead atoms. The zero-order valence-electron chi connectivity index (χ0n) is 7.79. The van der Waals surface area contributed by atoms with E-state index in [4.69, 9.17) is 16.3 Å². The number of aromatic nitrogens is 1. The van der Waals surface area contributed by atoms with Crippen molar-refractivity contribution < 1.29 is 4.74 Å². The minimum atomic E-state index is 0.613. The summed E-state index contributed by atoms with van der Waals surface area (Å²) in [6.07, 6.45) is 0.823. The lowest BCUT2D eigenvalue weighted by Crippen LogP contribution is -1.85. The topological polar surface area (TPSA) is 22.1 Å². The molecule has 0 atom stereocenters. The van der Waals surface area contributed by atoms with Crippen molar-refractivity contribution in [3.05, 3.63) is 23.2 Å². The number of halogens is 1. The van der Waals surface area contributed by atoms with E-state index in [0.717, 1.165) is 27.4 Å². The number of hydrogen-bond acceptors (Lipinski definition) is 3. The number of rotatable bonds is 3. The third-order valence-electron chi connectivity index (χ3n) is 1.95. The highest BCUT2D eigenvalue weighted by molar-refractivity contribution is 7.18. The van der Waals surface area contributed by atoms with Gasteiger partial charge in [-0.3, -0.25) is 0 Å². The smallest absolute Gasteiger partial charge is 0.145 e. The normalized spacial score (nSPS) is 10.7. The number of nitrogens with zero attached hydrogens (tertiary/aromatic N) is 1. The Labute approximate surface area is 91.5 Å². The fourth-order valence-corrected chi connectivity index (χ4v) is 2.60. The lowest BCUT2D eigenvalue weighted by atomic mass is 10.3. The van der Waals surface area contributed by atoms with Gasteiger partial charge >= 0.3 is 0 Å². The standard InChI is InChI=1S/C10H10ClNOS/c1-13-7-3-2-4-8-10(7)12-9(14-8)5-6-11/h2-4H,5-6H2,1H3. The highest BCUT2D eigenvalue weighted by Crippen LogP contribution is 2.29. The first-order valence-electron chi connectivity index (χ1n) is 4.33. The van der Waals surface area contributed by atoms with Crippen LogP contribution in [-0.2, 0) is 6.42 Å². The van der Waals surface area contributed by atoms with Gasteiger partial charge < -0.3 is 4.74 Å². The van der Waals surface area contributed by atoms with Gasteiger partial charge in [-0.05, 0) is 12.1 Å². The van der Waals surface area contributed by atoms with Crippen LogP contribution in [0.2, 0.25) is 0 Å². The molecule has 1 heterocycles. The number of para-hydroxylation sites is 1. The van der Waals surface area contributed by atoms with Crippen molar-refractivity contribution in [1.29, 1.82) is 0 Å². The van der Waals surface area contributed by atoms with Crippen molar-refractivity contribution in [3.8, 4) is 5.75 Å². The number of methoxy groups -OCH3 is 1. The maximum Gasteiger partial charge on any atom is 0.145 e. The fraction of sp³-hybridized carbons (Fsp3) is 0.300. The Morgan fingerprint density at radius 1 is 1.50 bits per heavy atom. The highest BCUT2D eigenvalue weighted by atomic mass is 35.5. The summed E-state index contributed by atoms with van der Waals surface area (Å²) in [5.41, 5.74) is 0.945. The fourth-order valence-electron chi connectivity index (χ4n) is 1.32. The summed E-state index contributed by atoms with van der Waals surface area (Å²) in [6, 6.07) is 5.95. The third-order valence-corrected chi connectivity index (χ3v) is 3.22. The molecule has 4 heteroatoms. The van der Waals surface area contributed by atoms with Crippen molar-refractivity contribution in [3.63, 3.8) is 0 Å². The molecule has 2 aromatic rings. The van der Waals surface area contributed by atoms with Gasteiger partial charge in [-0.15, -0.1) is 22.9 Å². The molecule has 0 aliphatic heterocycles. The zero-order valence-corrected chi connectivity index (χ0v) is 9.36. The largest absolute Gasteiger partial charge is 0.494 e. The number of benzene rings is 1. The number of fused-ring (bicyclic) bond motifs is 1. The lowest BCUT2D eigenvalue weighted by molar-refractivity contribution is 0.419. The van der Waals surface area contributed by atoms with Gasteiger partial charge in [-0.1, -0.05) is 6.07 Å². The van der Waals surface area contributed by atoms with Crippen LogP contribution in [0.25, 0.3) is 10.2 Å². The molecule has 2 nitrogen and oxygen atoms in total. The van der Waals surface area contributed by atoms with Crippen molar-refractivity contribution in [2.24, 2.45) is 0 Å². The summed E-state index contributed by atoms with van der Waals surface area (Å²) in [4.78, 5) is 4.48. The predicted octanol–water partition coefficient (Wildman–Crippen LogP) is 3.09. The second-order valence-corrected chi connectivity index (χ2v) is 4.35. The molecule has 0 spiro atoms. The molecule has 1 aromatic heterocycles. The molecule has 0 saturated heterocycles. The Morgan fingerprint density at radius 2 is 2.36 bits per heavy atom. The number of aryl methyl sites for hydroxylation is 1. The number of alkyl halides is 1. The van der Waals surface area contributed by atoms with Gasteiger partial charge in [-0.2, -0.15) is 0 Å². The number of hydrogen-bond donors (Lipinski definition) is 0. The molecule has 0 aliphatic rings. The molecule has 0 unspecified atom stereocenters. The second kappa shape index (κ2) is 4.15. The maximum atomic E-state index is 5.67. The molecule has 14 heavy (non-hydrogen) atoms. The van der Waals surface area contributed by atoms with Crippen LogP contribution in [0.4, 0.5) is 0 Å². The quantitative estimate of drug-likeness (QED) is 0.752. The van der Waals surface area contributed by atoms with Crippen LogP contribution in [0.1, 0.15) is 5.01 Å². The van der Waals surface area contributed by atoms with E-state index in [1.54, 1.807) is 18.4 Å². The first-order valence-corrected chi connectivity index (χ1v) is 5.68. The highest BCUT2D eigenvalue weighted by Gasteiger charge is 2.07. The van der Waals surface area contributed by atoms with Gasteiger partial charge in [0.2, 0.25) is 0 Å². The summed E-state index contributed by atoms with van der Waals surface area (Å²) >= 11 is 7.35. The maximum absolute atomic E-state index is 5.67. The van der Waals surface area contributed by atoms with Gasteiger partial charge in [0.1, 0.15) is 11.3 Å². The summed E-state index contributed by atoms with van der Waals surface area (Å²) in [7, 11) is 1.66. The molecule has 0 aliphatic carbocycles. The van der Waals surface area contributed by atoms with Crippen LogP contribution < -0.4 is 4.74 Å². The molecule has 0 radical (unpaired) electrons.